The second-order valence-corrected chi connectivity index (χ2v) is 9.85. The summed E-state index contributed by atoms with van der Waals surface area (Å²) in [5, 5.41) is 0. The maximum Gasteiger partial charge on any atom is 0.576 e. The molecule has 2 aromatic rings. The Hall–Kier alpha value is -2.18. The van der Waals surface area contributed by atoms with Gasteiger partial charge in [-0.1, -0.05) is 103 Å². The maximum atomic E-state index is 14.4. The van der Waals surface area contributed by atoms with Crippen LogP contribution in [0.25, 0.3) is 0 Å². The molecule has 0 saturated carbocycles. The van der Waals surface area contributed by atoms with Gasteiger partial charge in [0, 0.05) is 0 Å². The molecule has 0 unspecified atom stereocenters. The van der Waals surface area contributed by atoms with E-state index in [2.05, 4.69) is 13.8 Å². The smallest absolute Gasteiger partial charge is 0.526 e. The zero-order chi connectivity index (χ0) is 26.9. The minimum absolute atomic E-state index is 0.309. The van der Waals surface area contributed by atoms with Crippen molar-refractivity contribution in [2.45, 2.75) is 117 Å². The molecule has 206 valence electrons. The molecule has 0 spiro atoms. The van der Waals surface area contributed by atoms with E-state index < -0.39 is 31.0 Å². The quantitative estimate of drug-likeness (QED) is 0.0979. The van der Waals surface area contributed by atoms with Crippen molar-refractivity contribution in [3.8, 4) is 11.5 Å². The van der Waals surface area contributed by atoms with Gasteiger partial charge in [-0.25, -0.2) is 8.78 Å². The van der Waals surface area contributed by atoms with Crippen molar-refractivity contribution < 1.29 is 26.9 Å². The van der Waals surface area contributed by atoms with E-state index >= 15 is 0 Å². The molecule has 37 heavy (non-hydrogen) atoms. The van der Waals surface area contributed by atoms with Gasteiger partial charge in [0.15, 0.2) is 23.3 Å². The monoisotopic (exact) mass is 522 g/mol. The van der Waals surface area contributed by atoms with Crippen molar-refractivity contribution in [1.82, 2.24) is 0 Å². The highest BCUT2D eigenvalue weighted by atomic mass is 19.2. The minimum Gasteiger partial charge on any atom is -0.526 e. The predicted molar refractivity (Wildman–Crippen MR) is 145 cm³/mol. The van der Waals surface area contributed by atoms with Gasteiger partial charge in [-0.2, -0.15) is 8.78 Å². The molecule has 0 amide bonds. The third-order valence-corrected chi connectivity index (χ3v) is 6.78. The average molecular weight is 522 g/mol. The Bertz CT molecular complexity index is 849. The fourth-order valence-electron chi connectivity index (χ4n) is 4.45. The molecule has 0 aliphatic carbocycles. The maximum absolute atomic E-state index is 14.4. The minimum atomic E-state index is -1.10. The van der Waals surface area contributed by atoms with Crippen molar-refractivity contribution in [2.75, 3.05) is 0 Å². The molecule has 0 aliphatic rings. The lowest BCUT2D eigenvalue weighted by molar-refractivity contribution is 0.396. The van der Waals surface area contributed by atoms with Crippen LogP contribution in [0.4, 0.5) is 17.6 Å². The summed E-state index contributed by atoms with van der Waals surface area (Å²) in [7, 11) is -0.569. The molecule has 0 bridgehead atoms. The van der Waals surface area contributed by atoms with Gasteiger partial charge in [-0.15, -0.1) is 0 Å². The Labute approximate surface area is 221 Å². The average Bonchev–Trinajstić information content (AvgIpc) is 2.90. The van der Waals surface area contributed by atoms with Crippen LogP contribution < -0.4 is 9.31 Å². The predicted octanol–water partition coefficient (Wildman–Crippen LogP) is 9.55. The van der Waals surface area contributed by atoms with Gasteiger partial charge in [0.1, 0.15) is 11.5 Å². The van der Waals surface area contributed by atoms with Crippen LogP contribution in [0.5, 0.6) is 11.5 Å². The number of rotatable bonds is 20. The molecule has 2 nitrogen and oxygen atoms in total. The van der Waals surface area contributed by atoms with Gasteiger partial charge in [-0.3, -0.25) is 0 Å². The summed E-state index contributed by atoms with van der Waals surface area (Å²) in [6.07, 6.45) is 16.3. The highest BCUT2D eigenvalue weighted by Crippen LogP contribution is 2.26. The molecule has 0 heterocycles. The third-order valence-electron chi connectivity index (χ3n) is 6.78. The summed E-state index contributed by atoms with van der Waals surface area (Å²) in [6.45, 7) is 4.34. The van der Waals surface area contributed by atoms with Gasteiger partial charge in [-0.05, 0) is 48.9 Å². The van der Waals surface area contributed by atoms with Crippen molar-refractivity contribution in [2.24, 2.45) is 0 Å². The first-order valence-electron chi connectivity index (χ1n) is 14.2. The lowest BCUT2D eigenvalue weighted by Gasteiger charge is -2.12. The van der Waals surface area contributed by atoms with Gasteiger partial charge in [0.25, 0.3) is 0 Å². The third kappa shape index (κ3) is 11.0. The first-order chi connectivity index (χ1) is 18.0. The molecular weight excluding hydrogens is 479 g/mol. The summed E-state index contributed by atoms with van der Waals surface area (Å²) in [5.74, 6) is -4.71. The summed E-state index contributed by atoms with van der Waals surface area (Å²) < 4.78 is 68.1. The largest absolute Gasteiger partial charge is 0.576 e. The molecule has 0 saturated heterocycles. The summed E-state index contributed by atoms with van der Waals surface area (Å²) in [4.78, 5) is 0. The highest BCUT2D eigenvalue weighted by molar-refractivity contribution is 6.20. The van der Waals surface area contributed by atoms with Crippen molar-refractivity contribution in [1.29, 1.82) is 0 Å². The zero-order valence-corrected chi connectivity index (χ0v) is 22.7. The van der Waals surface area contributed by atoms with Crippen LogP contribution in [0.1, 0.15) is 115 Å². The van der Waals surface area contributed by atoms with Crippen LogP contribution >= 0.6 is 0 Å². The van der Waals surface area contributed by atoms with E-state index in [1.165, 1.54) is 75.6 Å². The van der Waals surface area contributed by atoms with Crippen LogP contribution in [-0.4, -0.2) is 7.69 Å². The standard InChI is InChI=1S/C30H43BF4O2/c1-3-5-7-9-11-13-15-17-23-19-21-25(29(34)27(23)32)36-31-37-26-22-20-24(28(33)30(26)35)18-16-14-12-10-8-6-4-2/h19-22,31H,3-18H2,1-2H3. The second kappa shape index (κ2) is 18.1. The SMILES string of the molecule is CCCCCCCCCc1ccc(OBOc2ccc(CCCCCCCCC)c(F)c2F)c(F)c1F. The molecule has 0 aromatic heterocycles. The van der Waals surface area contributed by atoms with E-state index in [4.69, 9.17) is 9.31 Å². The Morgan fingerprint density at radius 2 is 0.838 bits per heavy atom. The Morgan fingerprint density at radius 3 is 1.22 bits per heavy atom. The number of hydrogen-bond acceptors (Lipinski definition) is 2. The summed E-state index contributed by atoms with van der Waals surface area (Å²) >= 11 is 0. The van der Waals surface area contributed by atoms with E-state index in [0.29, 0.717) is 24.0 Å². The number of benzene rings is 2. The van der Waals surface area contributed by atoms with E-state index in [1.54, 1.807) is 0 Å². The Morgan fingerprint density at radius 1 is 0.486 bits per heavy atom. The molecular formula is C30H43BF4O2. The van der Waals surface area contributed by atoms with E-state index in [0.717, 1.165) is 38.5 Å². The summed E-state index contributed by atoms with van der Waals surface area (Å²) in [6, 6.07) is 5.70. The molecule has 0 aliphatic heterocycles. The molecule has 0 atom stereocenters. The number of hydrogen-bond donors (Lipinski definition) is 0. The topological polar surface area (TPSA) is 18.5 Å². The molecule has 0 fully saturated rings. The zero-order valence-electron chi connectivity index (χ0n) is 22.7. The second-order valence-electron chi connectivity index (χ2n) is 9.85. The molecule has 2 rings (SSSR count). The van der Waals surface area contributed by atoms with Gasteiger partial charge in [0.05, 0.1) is 0 Å². The first kappa shape index (κ1) is 31.0. The van der Waals surface area contributed by atoms with Gasteiger partial charge >= 0.3 is 7.69 Å². The fourth-order valence-corrected chi connectivity index (χ4v) is 4.45. The van der Waals surface area contributed by atoms with Gasteiger partial charge in [0.2, 0.25) is 0 Å². The van der Waals surface area contributed by atoms with Crippen LogP contribution in [0.2, 0.25) is 0 Å². The van der Waals surface area contributed by atoms with E-state index in [1.807, 2.05) is 0 Å². The highest BCUT2D eigenvalue weighted by Gasteiger charge is 2.18. The lowest BCUT2D eigenvalue weighted by atomic mass is 10.0. The number of halogens is 4. The first-order valence-corrected chi connectivity index (χ1v) is 14.2. The number of aryl methyl sites for hydroxylation is 2. The van der Waals surface area contributed by atoms with E-state index in [9.17, 15) is 17.6 Å². The van der Waals surface area contributed by atoms with Crippen molar-refractivity contribution in [3.63, 3.8) is 0 Å². The van der Waals surface area contributed by atoms with Gasteiger partial charge < -0.3 is 9.31 Å². The normalized spacial score (nSPS) is 11.1. The fraction of sp³-hybridized carbons (Fsp3) is 0.600. The Kier molecular flexibility index (Phi) is 15.2. The molecule has 7 heteroatoms. The number of unbranched alkanes of at least 4 members (excludes halogenated alkanes) is 12. The van der Waals surface area contributed by atoms with Crippen molar-refractivity contribution >= 4 is 7.69 Å². The summed E-state index contributed by atoms with van der Waals surface area (Å²) in [5.41, 5.74) is 0.619. The van der Waals surface area contributed by atoms with Crippen LogP contribution in [0, 0.1) is 23.3 Å². The van der Waals surface area contributed by atoms with Crippen LogP contribution in [-0.2, 0) is 12.8 Å². The lowest BCUT2D eigenvalue weighted by Crippen LogP contribution is -2.14. The van der Waals surface area contributed by atoms with Crippen LogP contribution in [0.15, 0.2) is 24.3 Å². The molecule has 2 aromatic carbocycles. The van der Waals surface area contributed by atoms with Crippen LogP contribution in [0.3, 0.4) is 0 Å². The van der Waals surface area contributed by atoms with Crippen molar-refractivity contribution in [3.05, 3.63) is 58.7 Å². The Balaban J connectivity index is 1.78. The van der Waals surface area contributed by atoms with E-state index in [-0.39, 0.29) is 11.5 Å². The molecule has 0 radical (unpaired) electrons. The molecule has 0 N–H and O–H groups in total.